The van der Waals surface area contributed by atoms with Gasteiger partial charge >= 0.3 is 0 Å². The summed E-state index contributed by atoms with van der Waals surface area (Å²) in [5, 5.41) is 2.94. The van der Waals surface area contributed by atoms with Gasteiger partial charge in [0.15, 0.2) is 0 Å². The van der Waals surface area contributed by atoms with Crippen LogP contribution in [0.15, 0.2) is 77.7 Å². The molecule has 1 aliphatic rings. The molecule has 31 heavy (non-hydrogen) atoms. The van der Waals surface area contributed by atoms with Crippen LogP contribution >= 0.6 is 0 Å². The predicted molar refractivity (Wildman–Crippen MR) is 121 cm³/mol. The number of nitrogens with one attached hydrogen (secondary N) is 1. The Morgan fingerprint density at radius 2 is 1.61 bits per heavy atom. The number of rotatable bonds is 5. The summed E-state index contributed by atoms with van der Waals surface area (Å²) in [5.41, 5.74) is 3.44. The topological polar surface area (TPSA) is 75.7 Å². The van der Waals surface area contributed by atoms with Gasteiger partial charge in [-0.05, 0) is 36.2 Å². The Morgan fingerprint density at radius 1 is 0.935 bits per heavy atom. The first-order valence-corrected chi connectivity index (χ1v) is 11.6. The van der Waals surface area contributed by atoms with Gasteiger partial charge in [0, 0.05) is 29.9 Å². The Bertz CT molecular complexity index is 1190. The minimum absolute atomic E-state index is 0.151. The second kappa shape index (κ2) is 9.01. The second-order valence-corrected chi connectivity index (χ2v) is 9.27. The number of ether oxygens (including phenoxy) is 1. The first kappa shape index (κ1) is 21.2. The lowest BCUT2D eigenvalue weighted by Crippen LogP contribution is -2.40. The molecule has 1 amide bonds. The van der Waals surface area contributed by atoms with Crippen LogP contribution in [0.25, 0.3) is 11.1 Å². The first-order chi connectivity index (χ1) is 15.0. The maximum atomic E-state index is 13.1. The van der Waals surface area contributed by atoms with Gasteiger partial charge in [-0.15, -0.1) is 0 Å². The first-order valence-electron chi connectivity index (χ1n) is 10.1. The molecule has 1 N–H and O–H groups in total. The van der Waals surface area contributed by atoms with Gasteiger partial charge in [0.25, 0.3) is 5.91 Å². The molecular formula is C24H24N2O4S. The van der Waals surface area contributed by atoms with Gasteiger partial charge in [-0.25, -0.2) is 8.42 Å². The summed E-state index contributed by atoms with van der Waals surface area (Å²) in [6.07, 6.45) is 0. The van der Waals surface area contributed by atoms with Gasteiger partial charge in [0.05, 0.1) is 18.1 Å². The van der Waals surface area contributed by atoms with Crippen LogP contribution in [-0.2, 0) is 14.8 Å². The summed E-state index contributed by atoms with van der Waals surface area (Å²) in [4.78, 5) is 13.2. The molecule has 0 saturated carbocycles. The van der Waals surface area contributed by atoms with E-state index in [-0.39, 0.29) is 10.8 Å². The third-order valence-electron chi connectivity index (χ3n) is 5.30. The van der Waals surface area contributed by atoms with Crippen molar-refractivity contribution in [3.63, 3.8) is 0 Å². The van der Waals surface area contributed by atoms with Crippen LogP contribution in [-0.4, -0.2) is 44.9 Å². The Labute approximate surface area is 182 Å². The molecule has 0 aliphatic carbocycles. The molecule has 1 heterocycles. The number of hydrogen-bond acceptors (Lipinski definition) is 4. The molecule has 4 rings (SSSR count). The number of para-hydroxylation sites is 1. The molecule has 160 valence electrons. The molecule has 0 unspecified atom stereocenters. The van der Waals surface area contributed by atoms with E-state index in [2.05, 4.69) is 5.32 Å². The number of anilines is 1. The number of carbonyl (C=O) groups is 1. The van der Waals surface area contributed by atoms with Crippen molar-refractivity contribution in [2.75, 3.05) is 31.6 Å². The van der Waals surface area contributed by atoms with Crippen molar-refractivity contribution in [3.8, 4) is 11.1 Å². The summed E-state index contributed by atoms with van der Waals surface area (Å²) in [7, 11) is -3.70. The molecule has 7 heteroatoms. The number of benzene rings is 3. The van der Waals surface area contributed by atoms with Gasteiger partial charge in [0.2, 0.25) is 10.0 Å². The van der Waals surface area contributed by atoms with Crippen molar-refractivity contribution in [1.29, 1.82) is 0 Å². The minimum atomic E-state index is -3.70. The summed E-state index contributed by atoms with van der Waals surface area (Å²) >= 11 is 0. The van der Waals surface area contributed by atoms with Crippen LogP contribution in [0, 0.1) is 6.92 Å². The number of carbonyl (C=O) groups excluding carboxylic acids is 1. The molecule has 0 atom stereocenters. The summed E-state index contributed by atoms with van der Waals surface area (Å²) in [6.45, 7) is 3.09. The highest BCUT2D eigenvalue weighted by Gasteiger charge is 2.28. The van der Waals surface area contributed by atoms with Crippen molar-refractivity contribution in [2.24, 2.45) is 0 Å². The number of hydrogen-bond donors (Lipinski definition) is 1. The van der Waals surface area contributed by atoms with Crippen LogP contribution in [0.5, 0.6) is 0 Å². The van der Waals surface area contributed by atoms with E-state index in [1.54, 1.807) is 19.1 Å². The quantitative estimate of drug-likeness (QED) is 0.657. The fourth-order valence-electron chi connectivity index (χ4n) is 3.60. The average molecular weight is 437 g/mol. The highest BCUT2D eigenvalue weighted by Crippen LogP contribution is 2.28. The van der Waals surface area contributed by atoms with Crippen LogP contribution in [0.1, 0.15) is 15.9 Å². The highest BCUT2D eigenvalue weighted by atomic mass is 32.2. The Kier molecular flexibility index (Phi) is 6.18. The second-order valence-electron chi connectivity index (χ2n) is 7.36. The van der Waals surface area contributed by atoms with E-state index in [9.17, 15) is 13.2 Å². The molecular weight excluding hydrogens is 412 g/mol. The number of aryl methyl sites for hydroxylation is 1. The Morgan fingerprint density at radius 3 is 2.35 bits per heavy atom. The molecule has 0 spiro atoms. The number of morpholine rings is 1. The molecule has 1 fully saturated rings. The maximum Gasteiger partial charge on any atom is 0.255 e. The van der Waals surface area contributed by atoms with E-state index in [4.69, 9.17) is 4.74 Å². The highest BCUT2D eigenvalue weighted by molar-refractivity contribution is 7.89. The van der Waals surface area contributed by atoms with E-state index in [1.165, 1.54) is 10.4 Å². The van der Waals surface area contributed by atoms with E-state index in [1.807, 2.05) is 54.6 Å². The Balaban J connectivity index is 1.63. The average Bonchev–Trinajstić information content (AvgIpc) is 2.80. The van der Waals surface area contributed by atoms with Crippen molar-refractivity contribution < 1.29 is 17.9 Å². The van der Waals surface area contributed by atoms with Crippen molar-refractivity contribution in [3.05, 3.63) is 83.9 Å². The van der Waals surface area contributed by atoms with Gasteiger partial charge in [-0.1, -0.05) is 54.6 Å². The van der Waals surface area contributed by atoms with Crippen LogP contribution in [0.2, 0.25) is 0 Å². The molecule has 0 bridgehead atoms. The van der Waals surface area contributed by atoms with Crippen LogP contribution < -0.4 is 5.32 Å². The standard InChI is InChI=1S/C24H24N2O4S/c1-18-11-12-20(17-23(18)31(28,29)26-13-15-30-16-14-26)24(27)25-22-10-6-5-9-21(22)19-7-3-2-4-8-19/h2-12,17H,13-16H2,1H3,(H,25,27). The molecule has 0 aromatic heterocycles. The SMILES string of the molecule is Cc1ccc(C(=O)Nc2ccccc2-c2ccccc2)cc1S(=O)(=O)N1CCOCC1. The summed E-state index contributed by atoms with van der Waals surface area (Å²) in [5.74, 6) is -0.359. The maximum absolute atomic E-state index is 13.1. The van der Waals surface area contributed by atoms with Gasteiger partial charge in [-0.3, -0.25) is 4.79 Å². The lowest BCUT2D eigenvalue weighted by Gasteiger charge is -2.26. The van der Waals surface area contributed by atoms with Crippen molar-refractivity contribution >= 4 is 21.6 Å². The molecule has 3 aromatic rings. The molecule has 3 aromatic carbocycles. The molecule has 1 aliphatic heterocycles. The van der Waals surface area contributed by atoms with Gasteiger partial charge < -0.3 is 10.1 Å². The van der Waals surface area contributed by atoms with Crippen molar-refractivity contribution in [1.82, 2.24) is 4.31 Å². The zero-order valence-electron chi connectivity index (χ0n) is 17.2. The third kappa shape index (κ3) is 4.54. The fraction of sp³-hybridized carbons (Fsp3) is 0.208. The fourth-order valence-corrected chi connectivity index (χ4v) is 5.26. The van der Waals surface area contributed by atoms with E-state index in [0.717, 1.165) is 11.1 Å². The van der Waals surface area contributed by atoms with E-state index in [0.29, 0.717) is 43.1 Å². The molecule has 6 nitrogen and oxygen atoms in total. The monoisotopic (exact) mass is 436 g/mol. The van der Waals surface area contributed by atoms with Gasteiger partial charge in [0.1, 0.15) is 0 Å². The Hall–Kier alpha value is -3.00. The van der Waals surface area contributed by atoms with Crippen LogP contribution in [0.4, 0.5) is 5.69 Å². The van der Waals surface area contributed by atoms with E-state index < -0.39 is 10.0 Å². The van der Waals surface area contributed by atoms with Gasteiger partial charge in [-0.2, -0.15) is 4.31 Å². The molecule has 0 radical (unpaired) electrons. The zero-order chi connectivity index (χ0) is 21.8. The zero-order valence-corrected chi connectivity index (χ0v) is 18.1. The summed E-state index contributed by atoms with van der Waals surface area (Å²) in [6, 6.07) is 22.1. The normalized spacial score (nSPS) is 14.9. The third-order valence-corrected chi connectivity index (χ3v) is 7.34. The van der Waals surface area contributed by atoms with Crippen LogP contribution in [0.3, 0.4) is 0 Å². The number of sulfonamides is 1. The number of nitrogens with zero attached hydrogens (tertiary/aromatic N) is 1. The number of amides is 1. The van der Waals surface area contributed by atoms with E-state index >= 15 is 0 Å². The lowest BCUT2D eigenvalue weighted by molar-refractivity contribution is 0.0730. The smallest absolute Gasteiger partial charge is 0.255 e. The summed E-state index contributed by atoms with van der Waals surface area (Å²) < 4.78 is 32.9. The molecule has 1 saturated heterocycles. The lowest BCUT2D eigenvalue weighted by atomic mass is 10.0. The minimum Gasteiger partial charge on any atom is -0.379 e. The van der Waals surface area contributed by atoms with Crippen molar-refractivity contribution in [2.45, 2.75) is 11.8 Å². The largest absolute Gasteiger partial charge is 0.379 e. The predicted octanol–water partition coefficient (Wildman–Crippen LogP) is 3.94.